The van der Waals surface area contributed by atoms with Gasteiger partial charge in [-0.25, -0.2) is 4.79 Å². The van der Waals surface area contributed by atoms with E-state index in [2.05, 4.69) is 0 Å². The minimum absolute atomic E-state index is 0.0655. The van der Waals surface area contributed by atoms with Gasteiger partial charge in [0.1, 0.15) is 5.69 Å². The Labute approximate surface area is 98.8 Å². The second kappa shape index (κ2) is 4.41. The van der Waals surface area contributed by atoms with Gasteiger partial charge >= 0.3 is 5.97 Å². The van der Waals surface area contributed by atoms with Crippen molar-refractivity contribution in [3.8, 4) is 0 Å². The lowest BCUT2D eigenvalue weighted by Gasteiger charge is -2.01. The van der Waals surface area contributed by atoms with Crippen LogP contribution in [0.4, 0.5) is 0 Å². The summed E-state index contributed by atoms with van der Waals surface area (Å²) in [5.74, 6) is -0.481. The Morgan fingerprint density at radius 3 is 2.76 bits per heavy atom. The van der Waals surface area contributed by atoms with E-state index in [0.29, 0.717) is 17.9 Å². The monoisotopic (exact) mass is 231 g/mol. The summed E-state index contributed by atoms with van der Waals surface area (Å²) in [6.07, 6.45) is 1.74. The largest absolute Gasteiger partial charge is 0.461 e. The van der Waals surface area contributed by atoms with Crippen LogP contribution in [0.15, 0.2) is 30.5 Å². The topological polar surface area (TPSA) is 47.8 Å². The van der Waals surface area contributed by atoms with Gasteiger partial charge in [-0.05, 0) is 32.0 Å². The first-order valence-corrected chi connectivity index (χ1v) is 5.43. The zero-order valence-electron chi connectivity index (χ0n) is 9.77. The summed E-state index contributed by atoms with van der Waals surface area (Å²) in [7, 11) is 0. The lowest BCUT2D eigenvalue weighted by Crippen LogP contribution is -2.07. The molecule has 0 atom stereocenters. The molecule has 0 N–H and O–H groups in total. The maximum absolute atomic E-state index is 11.7. The van der Waals surface area contributed by atoms with Crippen LogP contribution in [-0.4, -0.2) is 22.8 Å². The van der Waals surface area contributed by atoms with Gasteiger partial charge in [-0.15, -0.1) is 0 Å². The van der Waals surface area contributed by atoms with E-state index in [0.717, 1.165) is 5.52 Å². The van der Waals surface area contributed by atoms with Crippen LogP contribution in [0.5, 0.6) is 0 Å². The summed E-state index contributed by atoms with van der Waals surface area (Å²) in [6.45, 7) is 3.55. The minimum Gasteiger partial charge on any atom is -0.461 e. The van der Waals surface area contributed by atoms with Gasteiger partial charge in [-0.2, -0.15) is 0 Å². The molecule has 0 saturated heterocycles. The molecule has 88 valence electrons. The molecule has 0 saturated carbocycles. The van der Waals surface area contributed by atoms with E-state index in [-0.39, 0.29) is 5.78 Å². The molecule has 4 heteroatoms. The predicted molar refractivity (Wildman–Crippen MR) is 63.4 cm³/mol. The van der Waals surface area contributed by atoms with Crippen molar-refractivity contribution in [2.75, 3.05) is 6.61 Å². The number of aromatic nitrogens is 1. The molecule has 0 aliphatic carbocycles. The SMILES string of the molecule is CCOC(=O)c1cc(C(C)=O)c2ccccn12. The lowest BCUT2D eigenvalue weighted by atomic mass is 10.2. The first-order chi connectivity index (χ1) is 8.15. The number of carbonyl (C=O) groups excluding carboxylic acids is 2. The molecule has 2 aromatic heterocycles. The van der Waals surface area contributed by atoms with Crippen LogP contribution in [0, 0.1) is 0 Å². The van der Waals surface area contributed by atoms with E-state index in [9.17, 15) is 9.59 Å². The molecule has 0 aliphatic heterocycles. The number of Topliss-reactive ketones (excluding diaryl/α,β-unsaturated/α-hetero) is 1. The molecule has 0 aliphatic rings. The highest BCUT2D eigenvalue weighted by molar-refractivity contribution is 6.04. The van der Waals surface area contributed by atoms with Crippen LogP contribution in [0.25, 0.3) is 5.52 Å². The number of nitrogens with zero attached hydrogens (tertiary/aromatic N) is 1. The van der Waals surface area contributed by atoms with Crippen LogP contribution in [-0.2, 0) is 4.74 Å². The molecule has 0 fully saturated rings. The van der Waals surface area contributed by atoms with Gasteiger partial charge in [-0.3, -0.25) is 4.79 Å². The zero-order valence-corrected chi connectivity index (χ0v) is 9.77. The summed E-state index contributed by atoms with van der Waals surface area (Å²) in [6, 6.07) is 7.02. The van der Waals surface area contributed by atoms with Crippen LogP contribution >= 0.6 is 0 Å². The van der Waals surface area contributed by atoms with Gasteiger partial charge in [0.2, 0.25) is 0 Å². The smallest absolute Gasteiger partial charge is 0.355 e. The summed E-state index contributed by atoms with van der Waals surface area (Å²) in [4.78, 5) is 23.2. The summed E-state index contributed by atoms with van der Waals surface area (Å²) >= 11 is 0. The third-order valence-electron chi connectivity index (χ3n) is 2.54. The van der Waals surface area contributed by atoms with Crippen LogP contribution in [0.1, 0.15) is 34.7 Å². The van der Waals surface area contributed by atoms with Gasteiger partial charge < -0.3 is 9.14 Å². The van der Waals surface area contributed by atoms with Crippen molar-refractivity contribution in [3.05, 3.63) is 41.7 Å². The van der Waals surface area contributed by atoms with E-state index >= 15 is 0 Å². The van der Waals surface area contributed by atoms with Crippen molar-refractivity contribution >= 4 is 17.3 Å². The molecular formula is C13H13NO3. The third-order valence-corrected chi connectivity index (χ3v) is 2.54. The second-order valence-electron chi connectivity index (χ2n) is 3.68. The molecule has 0 amide bonds. The molecule has 17 heavy (non-hydrogen) atoms. The molecule has 0 spiro atoms. The Kier molecular flexibility index (Phi) is 2.95. The number of fused-ring (bicyclic) bond motifs is 1. The average molecular weight is 231 g/mol. The van der Waals surface area contributed by atoms with Crippen LogP contribution in [0.2, 0.25) is 0 Å². The van der Waals surface area contributed by atoms with Crippen molar-refractivity contribution < 1.29 is 14.3 Å². The van der Waals surface area contributed by atoms with E-state index < -0.39 is 5.97 Å². The Balaban J connectivity index is 2.64. The maximum Gasteiger partial charge on any atom is 0.355 e. The number of ether oxygens (including phenoxy) is 1. The van der Waals surface area contributed by atoms with Gasteiger partial charge in [0.05, 0.1) is 12.1 Å². The van der Waals surface area contributed by atoms with Crippen LogP contribution < -0.4 is 0 Å². The van der Waals surface area contributed by atoms with Gasteiger partial charge in [0, 0.05) is 11.8 Å². The second-order valence-corrected chi connectivity index (χ2v) is 3.68. The Hall–Kier alpha value is -2.10. The third kappa shape index (κ3) is 1.93. The number of ketones is 1. The average Bonchev–Trinajstić information content (AvgIpc) is 2.69. The molecule has 2 aromatic rings. The van der Waals surface area contributed by atoms with E-state index in [1.165, 1.54) is 6.92 Å². The fraction of sp³-hybridized carbons (Fsp3) is 0.231. The minimum atomic E-state index is -0.416. The number of hydrogen-bond acceptors (Lipinski definition) is 3. The normalized spacial score (nSPS) is 10.5. The van der Waals surface area contributed by atoms with Crippen molar-refractivity contribution in [3.63, 3.8) is 0 Å². The highest BCUT2D eigenvalue weighted by Crippen LogP contribution is 2.18. The standard InChI is InChI=1S/C13H13NO3/c1-3-17-13(16)12-8-10(9(2)15)11-6-4-5-7-14(11)12/h4-8H,3H2,1-2H3. The quantitative estimate of drug-likeness (QED) is 0.601. The summed E-state index contributed by atoms with van der Waals surface area (Å²) in [5.41, 5.74) is 1.64. The molecule has 2 heterocycles. The molecule has 0 aromatic carbocycles. The van der Waals surface area contributed by atoms with E-state index in [1.807, 2.05) is 6.07 Å². The highest BCUT2D eigenvalue weighted by atomic mass is 16.5. The molecule has 0 bridgehead atoms. The van der Waals surface area contributed by atoms with Crippen molar-refractivity contribution in [1.29, 1.82) is 0 Å². The van der Waals surface area contributed by atoms with Crippen molar-refractivity contribution in [2.24, 2.45) is 0 Å². The van der Waals surface area contributed by atoms with Crippen molar-refractivity contribution in [1.82, 2.24) is 4.40 Å². The highest BCUT2D eigenvalue weighted by Gasteiger charge is 2.17. The number of pyridine rings is 1. The Morgan fingerprint density at radius 2 is 2.12 bits per heavy atom. The van der Waals surface area contributed by atoms with E-state index in [1.54, 1.807) is 35.7 Å². The fourth-order valence-corrected chi connectivity index (χ4v) is 1.80. The lowest BCUT2D eigenvalue weighted by molar-refractivity contribution is 0.0518. The number of hydrogen-bond donors (Lipinski definition) is 0. The molecular weight excluding hydrogens is 218 g/mol. The molecule has 0 unspecified atom stereocenters. The number of carbonyl (C=O) groups is 2. The van der Waals surface area contributed by atoms with Gasteiger partial charge in [-0.1, -0.05) is 6.07 Å². The van der Waals surface area contributed by atoms with E-state index in [4.69, 9.17) is 4.74 Å². The Bertz CT molecular complexity index is 583. The number of rotatable bonds is 3. The number of esters is 1. The van der Waals surface area contributed by atoms with Crippen molar-refractivity contribution in [2.45, 2.75) is 13.8 Å². The van der Waals surface area contributed by atoms with Gasteiger partial charge in [0.15, 0.2) is 5.78 Å². The van der Waals surface area contributed by atoms with Gasteiger partial charge in [0.25, 0.3) is 0 Å². The molecule has 4 nitrogen and oxygen atoms in total. The first kappa shape index (κ1) is 11.4. The molecule has 0 radical (unpaired) electrons. The fourth-order valence-electron chi connectivity index (χ4n) is 1.80. The first-order valence-electron chi connectivity index (χ1n) is 5.43. The summed E-state index contributed by atoms with van der Waals surface area (Å²) < 4.78 is 6.63. The predicted octanol–water partition coefficient (Wildman–Crippen LogP) is 2.32. The Morgan fingerprint density at radius 1 is 1.35 bits per heavy atom. The maximum atomic E-state index is 11.7. The molecule has 2 rings (SSSR count). The zero-order chi connectivity index (χ0) is 12.4. The summed E-state index contributed by atoms with van der Waals surface area (Å²) in [5, 5.41) is 0. The van der Waals surface area contributed by atoms with Crippen LogP contribution in [0.3, 0.4) is 0 Å².